The number of hydrogen-bond acceptors (Lipinski definition) is 6. The summed E-state index contributed by atoms with van der Waals surface area (Å²) < 4.78 is 5.04. The van der Waals surface area contributed by atoms with Crippen molar-refractivity contribution < 1.29 is 9.53 Å². The van der Waals surface area contributed by atoms with Crippen LogP contribution in [0.25, 0.3) is 0 Å². The average Bonchev–Trinajstić information content (AvgIpc) is 3.07. The van der Waals surface area contributed by atoms with Crippen LogP contribution in [0, 0.1) is 6.92 Å². The normalized spacial score (nSPS) is 12.2. The van der Waals surface area contributed by atoms with Crippen molar-refractivity contribution in [2.75, 3.05) is 18.6 Å². The number of aromatic nitrogens is 1. The molecule has 2 aromatic heterocycles. The van der Waals surface area contributed by atoms with E-state index >= 15 is 0 Å². The van der Waals surface area contributed by atoms with Crippen LogP contribution < -0.4 is 4.90 Å². The average molecular weight is 324 g/mol. The monoisotopic (exact) mass is 324 g/mol. The molecule has 0 aromatic carbocycles. The lowest BCUT2D eigenvalue weighted by Gasteiger charge is -2.23. The van der Waals surface area contributed by atoms with Crippen LogP contribution in [0.5, 0.6) is 0 Å². The van der Waals surface area contributed by atoms with E-state index in [0.717, 1.165) is 16.4 Å². The predicted molar refractivity (Wildman–Crippen MR) is 88.7 cm³/mol. The fraction of sp³-hybridized carbons (Fsp3) is 0.467. The molecule has 0 saturated heterocycles. The molecule has 1 atom stereocenters. The van der Waals surface area contributed by atoms with Crippen molar-refractivity contribution in [1.82, 2.24) is 4.98 Å². The van der Waals surface area contributed by atoms with Gasteiger partial charge < -0.3 is 9.64 Å². The molecular weight excluding hydrogens is 304 g/mol. The van der Waals surface area contributed by atoms with Crippen LogP contribution in [-0.4, -0.2) is 30.6 Å². The fourth-order valence-corrected chi connectivity index (χ4v) is 3.75. The molecule has 0 bridgehead atoms. The second-order valence-electron chi connectivity index (χ2n) is 4.87. The summed E-state index contributed by atoms with van der Waals surface area (Å²) in [5.41, 5.74) is 0.437. The SMILES string of the molecule is CCOC(=O)c1nc(N(C)C(C)Cc2cccs2)sc1C. The molecule has 114 valence electrons. The molecule has 6 heteroatoms. The maximum atomic E-state index is 11.8. The quantitative estimate of drug-likeness (QED) is 0.759. The highest BCUT2D eigenvalue weighted by molar-refractivity contribution is 7.15. The number of likely N-dealkylation sites (N-methyl/N-ethyl adjacent to an activating group) is 1. The molecule has 0 radical (unpaired) electrons. The zero-order valence-corrected chi connectivity index (χ0v) is 14.4. The topological polar surface area (TPSA) is 42.4 Å². The molecule has 0 spiro atoms. The van der Waals surface area contributed by atoms with Crippen LogP contribution in [0.3, 0.4) is 0 Å². The molecule has 4 nitrogen and oxygen atoms in total. The van der Waals surface area contributed by atoms with Gasteiger partial charge in [0.15, 0.2) is 10.8 Å². The van der Waals surface area contributed by atoms with Gasteiger partial charge in [-0.25, -0.2) is 9.78 Å². The Balaban J connectivity index is 2.10. The third kappa shape index (κ3) is 3.83. The Morgan fingerprint density at radius 2 is 2.29 bits per heavy atom. The van der Waals surface area contributed by atoms with E-state index in [4.69, 9.17) is 4.74 Å². The Morgan fingerprint density at radius 1 is 1.52 bits per heavy atom. The molecule has 0 aliphatic carbocycles. The highest BCUT2D eigenvalue weighted by Crippen LogP contribution is 2.27. The van der Waals surface area contributed by atoms with Crippen LogP contribution in [0.1, 0.15) is 34.1 Å². The molecule has 0 saturated carbocycles. The Bertz CT molecular complexity index is 593. The van der Waals surface area contributed by atoms with E-state index in [2.05, 4.69) is 34.3 Å². The molecule has 0 fully saturated rings. The number of nitrogens with zero attached hydrogens (tertiary/aromatic N) is 2. The third-order valence-corrected chi connectivity index (χ3v) is 5.25. The first-order chi connectivity index (χ1) is 10.0. The van der Waals surface area contributed by atoms with Crippen molar-refractivity contribution in [3.8, 4) is 0 Å². The van der Waals surface area contributed by atoms with E-state index in [1.165, 1.54) is 16.2 Å². The van der Waals surface area contributed by atoms with E-state index in [1.807, 2.05) is 14.0 Å². The first kappa shape index (κ1) is 16.0. The van der Waals surface area contributed by atoms with Crippen molar-refractivity contribution >= 4 is 33.8 Å². The van der Waals surface area contributed by atoms with Gasteiger partial charge in [0.25, 0.3) is 0 Å². The minimum absolute atomic E-state index is 0.323. The summed E-state index contributed by atoms with van der Waals surface area (Å²) in [5, 5.41) is 2.95. The summed E-state index contributed by atoms with van der Waals surface area (Å²) in [7, 11) is 2.02. The van der Waals surface area contributed by atoms with Gasteiger partial charge in [0.05, 0.1) is 6.61 Å². The van der Waals surface area contributed by atoms with Gasteiger partial charge in [-0.05, 0) is 32.2 Å². The highest BCUT2D eigenvalue weighted by atomic mass is 32.1. The Morgan fingerprint density at radius 3 is 2.90 bits per heavy atom. The van der Waals surface area contributed by atoms with Gasteiger partial charge in [-0.3, -0.25) is 0 Å². The number of hydrogen-bond donors (Lipinski definition) is 0. The number of anilines is 1. The molecular formula is C15H20N2O2S2. The summed E-state index contributed by atoms with van der Waals surface area (Å²) >= 11 is 3.30. The van der Waals surface area contributed by atoms with Gasteiger partial charge in [0, 0.05) is 29.3 Å². The zero-order valence-electron chi connectivity index (χ0n) is 12.8. The number of aryl methyl sites for hydroxylation is 1. The number of carbonyl (C=O) groups is 1. The lowest BCUT2D eigenvalue weighted by atomic mass is 10.2. The molecule has 2 aromatic rings. The van der Waals surface area contributed by atoms with Crippen LogP contribution >= 0.6 is 22.7 Å². The smallest absolute Gasteiger partial charge is 0.358 e. The van der Waals surface area contributed by atoms with Crippen molar-refractivity contribution in [3.05, 3.63) is 33.0 Å². The summed E-state index contributed by atoms with van der Waals surface area (Å²) in [6.07, 6.45) is 0.974. The summed E-state index contributed by atoms with van der Waals surface area (Å²) in [6.45, 7) is 6.25. The maximum Gasteiger partial charge on any atom is 0.358 e. The molecule has 1 unspecified atom stereocenters. The van der Waals surface area contributed by atoms with Gasteiger partial charge in [-0.15, -0.1) is 22.7 Å². The molecule has 21 heavy (non-hydrogen) atoms. The molecule has 0 aliphatic heterocycles. The predicted octanol–water partition coefficient (Wildman–Crippen LogP) is 3.76. The number of carbonyl (C=O) groups excluding carboxylic acids is 1. The van der Waals surface area contributed by atoms with E-state index in [9.17, 15) is 4.79 Å². The van der Waals surface area contributed by atoms with E-state index < -0.39 is 0 Å². The largest absolute Gasteiger partial charge is 0.461 e. The molecule has 0 N–H and O–H groups in total. The maximum absolute atomic E-state index is 11.8. The van der Waals surface area contributed by atoms with Crippen molar-refractivity contribution in [3.63, 3.8) is 0 Å². The van der Waals surface area contributed by atoms with Crippen LogP contribution in [0.4, 0.5) is 5.13 Å². The molecule has 2 heterocycles. The summed E-state index contributed by atoms with van der Waals surface area (Å²) in [5.74, 6) is -0.336. The number of thiophene rings is 1. The van der Waals surface area contributed by atoms with Gasteiger partial charge in [-0.1, -0.05) is 6.07 Å². The minimum atomic E-state index is -0.336. The van der Waals surface area contributed by atoms with Crippen molar-refractivity contribution in [2.45, 2.75) is 33.2 Å². The minimum Gasteiger partial charge on any atom is -0.461 e. The third-order valence-electron chi connectivity index (χ3n) is 3.29. The van der Waals surface area contributed by atoms with Crippen LogP contribution in [0.15, 0.2) is 17.5 Å². The molecule has 0 amide bonds. The van der Waals surface area contributed by atoms with Gasteiger partial charge in [0.1, 0.15) is 0 Å². The first-order valence-corrected chi connectivity index (χ1v) is 8.62. The van der Waals surface area contributed by atoms with E-state index in [1.54, 1.807) is 18.3 Å². The van der Waals surface area contributed by atoms with Crippen LogP contribution in [0.2, 0.25) is 0 Å². The molecule has 2 rings (SSSR count). The number of esters is 1. The van der Waals surface area contributed by atoms with Gasteiger partial charge in [0.2, 0.25) is 0 Å². The van der Waals surface area contributed by atoms with Crippen molar-refractivity contribution in [1.29, 1.82) is 0 Å². The van der Waals surface area contributed by atoms with Crippen molar-refractivity contribution in [2.24, 2.45) is 0 Å². The molecule has 0 aliphatic rings. The number of rotatable bonds is 6. The standard InChI is InChI=1S/C15H20N2O2S2/c1-5-19-14(18)13-11(3)21-15(16-13)17(4)10(2)9-12-7-6-8-20-12/h6-8,10H,5,9H2,1-4H3. The summed E-state index contributed by atoms with van der Waals surface area (Å²) in [6, 6.07) is 4.54. The number of ether oxygens (including phenoxy) is 1. The van der Waals surface area contributed by atoms with Gasteiger partial charge >= 0.3 is 5.97 Å². The second-order valence-corrected chi connectivity index (χ2v) is 7.08. The highest BCUT2D eigenvalue weighted by Gasteiger charge is 2.20. The lowest BCUT2D eigenvalue weighted by molar-refractivity contribution is 0.0519. The lowest BCUT2D eigenvalue weighted by Crippen LogP contribution is -2.30. The van der Waals surface area contributed by atoms with E-state index in [-0.39, 0.29) is 5.97 Å². The Kier molecular flexibility index (Phi) is 5.36. The zero-order chi connectivity index (χ0) is 15.4. The van der Waals surface area contributed by atoms with Gasteiger partial charge in [-0.2, -0.15) is 0 Å². The first-order valence-electron chi connectivity index (χ1n) is 6.92. The Labute approximate surface area is 133 Å². The van der Waals surface area contributed by atoms with Crippen LogP contribution in [-0.2, 0) is 11.2 Å². The van der Waals surface area contributed by atoms with E-state index in [0.29, 0.717) is 18.3 Å². The summed E-state index contributed by atoms with van der Waals surface area (Å²) in [4.78, 5) is 20.7. The fourth-order valence-electron chi connectivity index (χ4n) is 1.97. The number of thiazole rings is 1. The Hall–Kier alpha value is -1.40. The second kappa shape index (κ2) is 7.04.